The molecule has 0 aromatic heterocycles. The molecule has 1 aromatic carbocycles. The van der Waals surface area contributed by atoms with E-state index in [9.17, 15) is 9.90 Å². The summed E-state index contributed by atoms with van der Waals surface area (Å²) in [5.41, 5.74) is 1.06. The van der Waals surface area contributed by atoms with Crippen molar-refractivity contribution in [3.63, 3.8) is 0 Å². The van der Waals surface area contributed by atoms with E-state index >= 15 is 0 Å². The zero-order valence-corrected chi connectivity index (χ0v) is 9.76. The Labute approximate surface area is 99.0 Å². The number of methoxy groups -OCH3 is 1. The third-order valence-corrected chi connectivity index (χ3v) is 2.17. The molecule has 16 heavy (non-hydrogen) atoms. The second kappa shape index (κ2) is 5.43. The molecule has 1 rings (SSSR count). The molecule has 0 bridgehead atoms. The molecule has 0 radical (unpaired) electrons. The van der Waals surface area contributed by atoms with Crippen LogP contribution in [-0.2, 0) is 9.53 Å². The van der Waals surface area contributed by atoms with E-state index in [2.05, 4.69) is 16.6 Å². The minimum Gasteiger partial charge on any atom is -0.506 e. The summed E-state index contributed by atoms with van der Waals surface area (Å²) in [6.45, 7) is 1.73. The highest BCUT2D eigenvalue weighted by atomic mass is 35.5. The fourth-order valence-electron chi connectivity index (χ4n) is 1.11. The molecule has 0 saturated carbocycles. The van der Waals surface area contributed by atoms with Gasteiger partial charge in [-0.2, -0.15) is 0 Å². The third-order valence-electron chi connectivity index (χ3n) is 1.95. The van der Waals surface area contributed by atoms with Crippen LogP contribution in [0.3, 0.4) is 0 Å². The van der Waals surface area contributed by atoms with Crippen molar-refractivity contribution < 1.29 is 14.6 Å². The van der Waals surface area contributed by atoms with Crippen molar-refractivity contribution in [2.24, 2.45) is 0 Å². The molecule has 0 aliphatic heterocycles. The van der Waals surface area contributed by atoms with E-state index in [1.54, 1.807) is 19.1 Å². The molecule has 0 aliphatic carbocycles. The number of hydrogen-bond donors (Lipinski definition) is 1. The number of carbonyl (C=O) groups is 1. The lowest BCUT2D eigenvalue weighted by Crippen LogP contribution is -1.97. The van der Waals surface area contributed by atoms with Crippen molar-refractivity contribution in [2.45, 2.75) is 13.3 Å². The predicted octanol–water partition coefficient (Wildman–Crippen LogP) is 2.27. The van der Waals surface area contributed by atoms with Crippen LogP contribution in [0.25, 0.3) is 0 Å². The van der Waals surface area contributed by atoms with Crippen molar-refractivity contribution in [2.75, 3.05) is 7.11 Å². The molecule has 0 fully saturated rings. The van der Waals surface area contributed by atoms with E-state index in [1.807, 2.05) is 0 Å². The Morgan fingerprint density at radius 3 is 2.88 bits per heavy atom. The van der Waals surface area contributed by atoms with E-state index < -0.39 is 5.97 Å². The predicted molar refractivity (Wildman–Crippen MR) is 61.4 cm³/mol. The van der Waals surface area contributed by atoms with E-state index in [1.165, 1.54) is 7.11 Å². The Balaban J connectivity index is 2.92. The first kappa shape index (κ1) is 12.4. The molecule has 0 saturated heterocycles. The van der Waals surface area contributed by atoms with Crippen LogP contribution >= 0.6 is 11.6 Å². The average Bonchev–Trinajstić information content (AvgIpc) is 2.24. The van der Waals surface area contributed by atoms with Crippen LogP contribution in [0.15, 0.2) is 12.1 Å². The second-order valence-electron chi connectivity index (χ2n) is 3.17. The zero-order chi connectivity index (χ0) is 12.1. The molecule has 4 heteroatoms. The summed E-state index contributed by atoms with van der Waals surface area (Å²) in [5, 5.41) is 10.2. The van der Waals surface area contributed by atoms with E-state index in [0.29, 0.717) is 16.1 Å². The first-order valence-corrected chi connectivity index (χ1v) is 4.97. The molecule has 84 valence electrons. The monoisotopic (exact) mass is 238 g/mol. The highest BCUT2D eigenvalue weighted by Gasteiger charge is 2.03. The van der Waals surface area contributed by atoms with Crippen molar-refractivity contribution >= 4 is 17.6 Å². The number of halogens is 1. The number of phenolic OH excluding ortho intramolecular Hbond substituents is 1. The summed E-state index contributed by atoms with van der Waals surface area (Å²) < 4.78 is 4.44. The lowest BCUT2D eigenvalue weighted by atomic mass is 10.1. The quantitative estimate of drug-likeness (QED) is 0.603. The van der Waals surface area contributed by atoms with Crippen LogP contribution in [0.5, 0.6) is 5.75 Å². The number of aryl methyl sites for hydroxylation is 1. The minimum absolute atomic E-state index is 0.0124. The van der Waals surface area contributed by atoms with Gasteiger partial charge in [-0.25, -0.2) is 0 Å². The molecule has 0 aliphatic rings. The second-order valence-corrected chi connectivity index (χ2v) is 3.61. The first-order valence-electron chi connectivity index (χ1n) is 4.59. The van der Waals surface area contributed by atoms with Crippen LogP contribution in [-0.4, -0.2) is 18.2 Å². The summed E-state index contributed by atoms with van der Waals surface area (Å²) in [6, 6.07) is 3.19. The van der Waals surface area contributed by atoms with Crippen LogP contribution in [0.4, 0.5) is 0 Å². The molecule has 1 aromatic rings. The maximum absolute atomic E-state index is 10.8. The van der Waals surface area contributed by atoms with Gasteiger partial charge < -0.3 is 9.84 Å². The van der Waals surface area contributed by atoms with Crippen molar-refractivity contribution in [1.29, 1.82) is 0 Å². The van der Waals surface area contributed by atoms with Gasteiger partial charge in [-0.1, -0.05) is 23.4 Å². The highest BCUT2D eigenvalue weighted by Crippen LogP contribution is 2.25. The van der Waals surface area contributed by atoms with Crippen LogP contribution in [0.2, 0.25) is 5.02 Å². The number of hydrogen-bond acceptors (Lipinski definition) is 3. The molecule has 1 N–H and O–H groups in total. The van der Waals surface area contributed by atoms with Gasteiger partial charge in [0.2, 0.25) is 0 Å². The molecule has 0 amide bonds. The molecule has 3 nitrogen and oxygen atoms in total. The third kappa shape index (κ3) is 3.18. The van der Waals surface area contributed by atoms with Gasteiger partial charge in [-0.15, -0.1) is 0 Å². The molecular weight excluding hydrogens is 228 g/mol. The van der Waals surface area contributed by atoms with Gasteiger partial charge in [0.1, 0.15) is 12.2 Å². The lowest BCUT2D eigenvalue weighted by molar-refractivity contribution is -0.139. The number of ether oxygens (including phenoxy) is 1. The number of aromatic hydroxyl groups is 1. The van der Waals surface area contributed by atoms with E-state index in [4.69, 9.17) is 11.6 Å². The van der Waals surface area contributed by atoms with Gasteiger partial charge in [0.05, 0.1) is 12.7 Å². The summed E-state index contributed by atoms with van der Waals surface area (Å²) >= 11 is 5.82. The molecule has 0 unspecified atom stereocenters. The number of carbonyl (C=O) groups excluding carboxylic acids is 1. The van der Waals surface area contributed by atoms with Crippen LogP contribution in [0, 0.1) is 18.8 Å². The van der Waals surface area contributed by atoms with Gasteiger partial charge in [0.25, 0.3) is 0 Å². The fourth-order valence-corrected chi connectivity index (χ4v) is 1.39. The highest BCUT2D eigenvalue weighted by molar-refractivity contribution is 6.30. The smallest absolute Gasteiger partial charge is 0.317 e. The zero-order valence-electron chi connectivity index (χ0n) is 9.00. The van der Waals surface area contributed by atoms with E-state index in [-0.39, 0.29) is 12.2 Å². The fraction of sp³-hybridized carbons (Fsp3) is 0.250. The van der Waals surface area contributed by atoms with Gasteiger partial charge in [-0.3, -0.25) is 4.79 Å². The lowest BCUT2D eigenvalue weighted by Gasteiger charge is -2.01. The van der Waals surface area contributed by atoms with Gasteiger partial charge in [0, 0.05) is 5.02 Å². The van der Waals surface area contributed by atoms with E-state index in [0.717, 1.165) is 0 Å². The SMILES string of the molecule is COC(=O)CC#Cc1cc(Cl)cc(C)c1O. The van der Waals surface area contributed by atoms with Crippen molar-refractivity contribution in [3.8, 4) is 17.6 Å². The molecule has 0 atom stereocenters. The summed E-state index contributed by atoms with van der Waals surface area (Å²) in [5.74, 6) is 4.95. The Morgan fingerprint density at radius 2 is 2.25 bits per heavy atom. The Kier molecular flexibility index (Phi) is 4.21. The number of esters is 1. The van der Waals surface area contributed by atoms with Crippen LogP contribution < -0.4 is 0 Å². The van der Waals surface area contributed by atoms with Crippen molar-refractivity contribution in [3.05, 3.63) is 28.3 Å². The standard InChI is InChI=1S/C12H11ClO3/c1-8-6-10(13)7-9(12(8)15)4-3-5-11(14)16-2/h6-7,15H,5H2,1-2H3. The maximum atomic E-state index is 10.8. The number of benzene rings is 1. The minimum atomic E-state index is -0.411. The van der Waals surface area contributed by atoms with Crippen LogP contribution in [0.1, 0.15) is 17.5 Å². The Bertz CT molecular complexity index is 469. The Morgan fingerprint density at radius 1 is 1.56 bits per heavy atom. The van der Waals surface area contributed by atoms with Gasteiger partial charge in [0.15, 0.2) is 0 Å². The normalized spacial score (nSPS) is 9.19. The maximum Gasteiger partial charge on any atom is 0.317 e. The largest absolute Gasteiger partial charge is 0.506 e. The summed E-state index contributed by atoms with van der Waals surface area (Å²) in [4.78, 5) is 10.8. The average molecular weight is 239 g/mol. The number of rotatable bonds is 1. The van der Waals surface area contributed by atoms with Gasteiger partial charge in [-0.05, 0) is 24.6 Å². The van der Waals surface area contributed by atoms with Crippen molar-refractivity contribution in [1.82, 2.24) is 0 Å². The summed E-state index contributed by atoms with van der Waals surface area (Å²) in [7, 11) is 1.30. The van der Waals surface area contributed by atoms with Gasteiger partial charge >= 0.3 is 5.97 Å². The Hall–Kier alpha value is -1.66. The number of phenols is 1. The topological polar surface area (TPSA) is 46.5 Å². The molecule has 0 spiro atoms. The molecular formula is C12H11ClO3. The summed E-state index contributed by atoms with van der Waals surface area (Å²) in [6.07, 6.45) is -0.0124. The molecule has 0 heterocycles. The first-order chi connectivity index (χ1) is 7.54.